The molecule has 0 atom stereocenters. The first-order valence-corrected chi connectivity index (χ1v) is 3.97. The Morgan fingerprint density at radius 1 is 1.31 bits per heavy atom. The predicted molar refractivity (Wildman–Crippen MR) is 52.9 cm³/mol. The molecule has 13 heavy (non-hydrogen) atoms. The lowest BCUT2D eigenvalue weighted by Crippen LogP contribution is -2.37. The number of anilines is 1. The highest BCUT2D eigenvalue weighted by molar-refractivity contribution is 5.33. The molecule has 5 nitrogen and oxygen atoms in total. The molecule has 0 unspecified atom stereocenters. The zero-order chi connectivity index (χ0) is 10.0. The van der Waals surface area contributed by atoms with E-state index >= 15 is 0 Å². The second kappa shape index (κ2) is 3.47. The third-order valence-corrected chi connectivity index (χ3v) is 1.66. The predicted octanol–water partition coefficient (Wildman–Crippen LogP) is -0.493. The van der Waals surface area contributed by atoms with Gasteiger partial charge in [0, 0.05) is 34.4 Å². The Bertz CT molecular complexity index is 342. The van der Waals surface area contributed by atoms with Gasteiger partial charge in [0.15, 0.2) is 0 Å². The van der Waals surface area contributed by atoms with E-state index in [9.17, 15) is 4.79 Å². The summed E-state index contributed by atoms with van der Waals surface area (Å²) in [4.78, 5) is 17.0. The maximum atomic E-state index is 11.4. The SMILES string of the molecule is CN(C)c1ccn(N(C)C)c(=O)n1. The second-order valence-electron chi connectivity index (χ2n) is 3.15. The maximum absolute atomic E-state index is 11.4. The van der Waals surface area contributed by atoms with E-state index in [0.29, 0.717) is 5.82 Å². The summed E-state index contributed by atoms with van der Waals surface area (Å²) in [7, 11) is 7.28. The van der Waals surface area contributed by atoms with E-state index in [1.54, 1.807) is 36.3 Å². The van der Waals surface area contributed by atoms with Crippen LogP contribution in [0.25, 0.3) is 0 Å². The number of aromatic nitrogens is 2. The van der Waals surface area contributed by atoms with E-state index in [1.165, 1.54) is 4.68 Å². The van der Waals surface area contributed by atoms with Crippen LogP contribution in [0.5, 0.6) is 0 Å². The molecule has 72 valence electrons. The van der Waals surface area contributed by atoms with Gasteiger partial charge >= 0.3 is 5.69 Å². The Morgan fingerprint density at radius 3 is 2.31 bits per heavy atom. The van der Waals surface area contributed by atoms with Crippen LogP contribution in [0, 0.1) is 0 Å². The molecule has 0 amide bonds. The van der Waals surface area contributed by atoms with Crippen molar-refractivity contribution in [2.45, 2.75) is 0 Å². The van der Waals surface area contributed by atoms with E-state index < -0.39 is 0 Å². The molecule has 0 radical (unpaired) electrons. The highest BCUT2D eigenvalue weighted by Crippen LogP contribution is 2.00. The van der Waals surface area contributed by atoms with Gasteiger partial charge in [0.2, 0.25) is 0 Å². The van der Waals surface area contributed by atoms with Crippen LogP contribution >= 0.6 is 0 Å². The van der Waals surface area contributed by atoms with Crippen molar-refractivity contribution >= 4 is 5.82 Å². The van der Waals surface area contributed by atoms with Gasteiger partial charge in [-0.2, -0.15) is 4.98 Å². The third-order valence-electron chi connectivity index (χ3n) is 1.66. The molecule has 1 aromatic rings. The summed E-state index contributed by atoms with van der Waals surface area (Å²) in [5.41, 5.74) is -0.267. The molecule has 5 heteroatoms. The number of rotatable bonds is 2. The Labute approximate surface area is 77.2 Å². The molecule has 0 aliphatic carbocycles. The molecule has 0 fully saturated rings. The van der Waals surface area contributed by atoms with Crippen LogP contribution in [0.4, 0.5) is 5.82 Å². The molecule has 0 bridgehead atoms. The van der Waals surface area contributed by atoms with Crippen molar-refractivity contribution in [2.75, 3.05) is 38.1 Å². The largest absolute Gasteiger partial charge is 0.368 e. The summed E-state index contributed by atoms with van der Waals surface area (Å²) in [5.74, 6) is 0.670. The number of hydrogen-bond acceptors (Lipinski definition) is 4. The van der Waals surface area contributed by atoms with Gasteiger partial charge < -0.3 is 9.91 Å². The van der Waals surface area contributed by atoms with Gasteiger partial charge in [0.1, 0.15) is 5.82 Å². The van der Waals surface area contributed by atoms with Crippen LogP contribution in [0.1, 0.15) is 0 Å². The Hall–Kier alpha value is -1.52. The third kappa shape index (κ3) is 1.99. The minimum absolute atomic E-state index is 0.267. The molecule has 0 aliphatic heterocycles. The molecule has 0 N–H and O–H groups in total. The molecule has 0 aliphatic rings. The first kappa shape index (κ1) is 9.57. The average Bonchev–Trinajstić information content (AvgIpc) is 2.03. The van der Waals surface area contributed by atoms with Crippen molar-refractivity contribution < 1.29 is 0 Å². The molecular formula is C8H14N4O. The summed E-state index contributed by atoms with van der Waals surface area (Å²) in [6.07, 6.45) is 1.70. The van der Waals surface area contributed by atoms with E-state index in [1.807, 2.05) is 14.1 Å². The minimum atomic E-state index is -0.267. The summed E-state index contributed by atoms with van der Waals surface area (Å²) < 4.78 is 1.44. The summed E-state index contributed by atoms with van der Waals surface area (Å²) in [6, 6.07) is 1.79. The summed E-state index contributed by atoms with van der Waals surface area (Å²) in [5, 5.41) is 1.68. The first-order chi connectivity index (χ1) is 6.02. The van der Waals surface area contributed by atoms with Crippen LogP contribution in [0.15, 0.2) is 17.1 Å². The van der Waals surface area contributed by atoms with E-state index in [-0.39, 0.29) is 5.69 Å². The average molecular weight is 182 g/mol. The lowest BCUT2D eigenvalue weighted by molar-refractivity contribution is 0.674. The molecule has 1 rings (SSSR count). The molecule has 0 saturated carbocycles. The van der Waals surface area contributed by atoms with E-state index in [0.717, 1.165) is 0 Å². The fourth-order valence-electron chi connectivity index (χ4n) is 0.941. The standard InChI is InChI=1S/C8H14N4O/c1-10(2)7-5-6-12(11(3)4)8(13)9-7/h5-6H,1-4H3. The van der Waals surface area contributed by atoms with Crippen molar-refractivity contribution in [3.63, 3.8) is 0 Å². The van der Waals surface area contributed by atoms with E-state index in [4.69, 9.17) is 0 Å². The molecular weight excluding hydrogens is 168 g/mol. The van der Waals surface area contributed by atoms with E-state index in [2.05, 4.69) is 4.98 Å². The highest BCUT2D eigenvalue weighted by atomic mass is 16.2. The van der Waals surface area contributed by atoms with Crippen molar-refractivity contribution in [2.24, 2.45) is 0 Å². The molecule has 0 aromatic carbocycles. The van der Waals surface area contributed by atoms with Crippen LogP contribution in [-0.2, 0) is 0 Å². The van der Waals surface area contributed by atoms with Gasteiger partial charge in [-0.3, -0.25) is 0 Å². The van der Waals surface area contributed by atoms with Crippen LogP contribution in [0.2, 0.25) is 0 Å². The molecule has 0 spiro atoms. The number of nitrogens with zero attached hydrogens (tertiary/aromatic N) is 4. The highest BCUT2D eigenvalue weighted by Gasteiger charge is 2.01. The Morgan fingerprint density at radius 2 is 1.92 bits per heavy atom. The van der Waals surface area contributed by atoms with Crippen LogP contribution in [-0.4, -0.2) is 37.9 Å². The Balaban J connectivity index is 3.14. The van der Waals surface area contributed by atoms with Crippen molar-refractivity contribution in [3.05, 3.63) is 22.7 Å². The fraction of sp³-hybridized carbons (Fsp3) is 0.500. The number of hydrogen-bond donors (Lipinski definition) is 0. The second-order valence-corrected chi connectivity index (χ2v) is 3.15. The monoisotopic (exact) mass is 182 g/mol. The summed E-state index contributed by atoms with van der Waals surface area (Å²) >= 11 is 0. The molecule has 1 aromatic heterocycles. The van der Waals surface area contributed by atoms with Crippen LogP contribution in [0.3, 0.4) is 0 Å². The van der Waals surface area contributed by atoms with Gasteiger partial charge in [-0.15, -0.1) is 0 Å². The Kier molecular flexibility index (Phi) is 2.55. The minimum Gasteiger partial charge on any atom is -0.363 e. The van der Waals surface area contributed by atoms with Crippen LogP contribution < -0.4 is 15.6 Å². The van der Waals surface area contributed by atoms with Crippen molar-refractivity contribution in [1.82, 2.24) is 9.66 Å². The lowest BCUT2D eigenvalue weighted by atomic mass is 10.5. The zero-order valence-electron chi connectivity index (χ0n) is 8.35. The van der Waals surface area contributed by atoms with Gasteiger partial charge in [0.25, 0.3) is 0 Å². The first-order valence-electron chi connectivity index (χ1n) is 3.97. The quantitative estimate of drug-likeness (QED) is 0.618. The topological polar surface area (TPSA) is 41.4 Å². The molecule has 1 heterocycles. The smallest absolute Gasteiger partial charge is 0.363 e. The maximum Gasteiger partial charge on any atom is 0.368 e. The van der Waals surface area contributed by atoms with Crippen molar-refractivity contribution in [3.8, 4) is 0 Å². The lowest BCUT2D eigenvalue weighted by Gasteiger charge is -2.16. The normalized spacial score (nSPS) is 9.85. The fourth-order valence-corrected chi connectivity index (χ4v) is 0.941. The van der Waals surface area contributed by atoms with Gasteiger partial charge in [-0.05, 0) is 6.07 Å². The van der Waals surface area contributed by atoms with Gasteiger partial charge in [-0.1, -0.05) is 0 Å². The van der Waals surface area contributed by atoms with Gasteiger partial charge in [0.05, 0.1) is 0 Å². The summed E-state index contributed by atoms with van der Waals surface area (Å²) in [6.45, 7) is 0. The zero-order valence-corrected chi connectivity index (χ0v) is 8.35. The van der Waals surface area contributed by atoms with Gasteiger partial charge in [-0.25, -0.2) is 9.47 Å². The van der Waals surface area contributed by atoms with Crippen molar-refractivity contribution in [1.29, 1.82) is 0 Å². The molecule has 0 saturated heterocycles.